The molecule has 2 rings (SSSR count). The van der Waals surface area contributed by atoms with Gasteiger partial charge in [0.15, 0.2) is 11.6 Å². The second-order valence-electron chi connectivity index (χ2n) is 4.03. The minimum atomic E-state index is -1.07. The molecule has 0 aromatic heterocycles. The molecule has 0 aliphatic rings. The van der Waals surface area contributed by atoms with Gasteiger partial charge in [-0.25, -0.2) is 9.18 Å². The third-order valence-corrected chi connectivity index (χ3v) is 3.48. The molecule has 0 amide bonds. The van der Waals surface area contributed by atoms with Crippen LogP contribution in [0.1, 0.15) is 5.56 Å². The molecule has 0 saturated carbocycles. The highest BCUT2D eigenvalue weighted by Crippen LogP contribution is 2.32. The van der Waals surface area contributed by atoms with Crippen molar-refractivity contribution in [2.75, 3.05) is 0 Å². The van der Waals surface area contributed by atoms with E-state index < -0.39 is 11.8 Å². The fourth-order valence-electron chi connectivity index (χ4n) is 1.57. The highest BCUT2D eigenvalue weighted by Gasteiger charge is 2.09. The fraction of sp³-hybridized carbons (Fsp3) is 0. The summed E-state index contributed by atoms with van der Waals surface area (Å²) in [5, 5.41) is 8.69. The van der Waals surface area contributed by atoms with E-state index in [1.54, 1.807) is 24.3 Å². The first-order valence-corrected chi connectivity index (χ1v) is 7.38. The van der Waals surface area contributed by atoms with E-state index in [9.17, 15) is 9.18 Å². The third kappa shape index (κ3) is 4.41. The first-order chi connectivity index (χ1) is 9.95. The molecule has 0 spiro atoms. The quantitative estimate of drug-likeness (QED) is 0.694. The molecular formula is C15H9Br2FO3. The lowest BCUT2D eigenvalue weighted by molar-refractivity contribution is -0.131. The number of benzene rings is 2. The van der Waals surface area contributed by atoms with E-state index in [-0.39, 0.29) is 5.75 Å². The van der Waals surface area contributed by atoms with Crippen molar-refractivity contribution in [1.82, 2.24) is 0 Å². The minimum Gasteiger partial charge on any atom is -0.478 e. The van der Waals surface area contributed by atoms with Crippen LogP contribution in [0.15, 0.2) is 51.4 Å². The van der Waals surface area contributed by atoms with E-state index >= 15 is 0 Å². The maximum Gasteiger partial charge on any atom is 0.328 e. The summed E-state index contributed by atoms with van der Waals surface area (Å²) in [5.41, 5.74) is 0.528. The first-order valence-electron chi connectivity index (χ1n) is 5.79. The molecule has 108 valence electrons. The van der Waals surface area contributed by atoms with Gasteiger partial charge in [-0.15, -0.1) is 0 Å². The van der Waals surface area contributed by atoms with Gasteiger partial charge in [-0.1, -0.05) is 37.9 Å². The molecule has 21 heavy (non-hydrogen) atoms. The van der Waals surface area contributed by atoms with Gasteiger partial charge in [0.05, 0.1) is 0 Å². The van der Waals surface area contributed by atoms with Crippen molar-refractivity contribution in [3.63, 3.8) is 0 Å². The molecular weight excluding hydrogens is 407 g/mol. The summed E-state index contributed by atoms with van der Waals surface area (Å²) in [4.78, 5) is 10.6. The van der Waals surface area contributed by atoms with Gasteiger partial charge in [0.25, 0.3) is 0 Å². The molecule has 0 radical (unpaired) electrons. The zero-order valence-electron chi connectivity index (χ0n) is 10.5. The van der Waals surface area contributed by atoms with Crippen molar-refractivity contribution in [3.05, 3.63) is 62.8 Å². The lowest BCUT2D eigenvalue weighted by Gasteiger charge is -2.10. The van der Waals surface area contributed by atoms with Crippen LogP contribution < -0.4 is 4.74 Å². The Kier molecular flexibility index (Phi) is 5.14. The van der Waals surface area contributed by atoms with E-state index in [2.05, 4.69) is 31.9 Å². The van der Waals surface area contributed by atoms with Gasteiger partial charge in [-0.3, -0.25) is 0 Å². The molecule has 0 saturated heterocycles. The van der Waals surface area contributed by atoms with Gasteiger partial charge in [0.1, 0.15) is 5.75 Å². The fourth-order valence-corrected chi connectivity index (χ4v) is 2.25. The van der Waals surface area contributed by atoms with E-state index in [1.807, 2.05) is 0 Å². The van der Waals surface area contributed by atoms with Crippen molar-refractivity contribution >= 4 is 43.9 Å². The summed E-state index contributed by atoms with van der Waals surface area (Å²) in [6.07, 6.45) is 2.38. The van der Waals surface area contributed by atoms with Crippen LogP contribution in [0.25, 0.3) is 6.08 Å². The van der Waals surface area contributed by atoms with Gasteiger partial charge in [0, 0.05) is 20.6 Å². The molecule has 1 N–H and O–H groups in total. The van der Waals surface area contributed by atoms with Gasteiger partial charge in [-0.2, -0.15) is 0 Å². The standard InChI is InChI=1S/C15H9Br2FO3/c16-10-3-1-9(2-6-15(19)20)13(7-10)21-14-8-11(17)4-5-12(14)18/h1-8H,(H,19,20)/b6-2+. The van der Waals surface area contributed by atoms with Crippen LogP contribution in [-0.4, -0.2) is 11.1 Å². The Morgan fingerprint density at radius 3 is 2.38 bits per heavy atom. The van der Waals surface area contributed by atoms with Crippen molar-refractivity contribution < 1.29 is 19.0 Å². The second kappa shape index (κ2) is 6.87. The molecule has 0 atom stereocenters. The highest BCUT2D eigenvalue weighted by molar-refractivity contribution is 9.10. The molecule has 3 nitrogen and oxygen atoms in total. The average molecular weight is 416 g/mol. The van der Waals surface area contributed by atoms with Gasteiger partial charge in [0.2, 0.25) is 0 Å². The van der Waals surface area contributed by atoms with Gasteiger partial charge < -0.3 is 9.84 Å². The Labute approximate surface area is 137 Å². The number of carboxylic acids is 1. The number of rotatable bonds is 4. The predicted molar refractivity (Wildman–Crippen MR) is 85.0 cm³/mol. The van der Waals surface area contributed by atoms with Crippen LogP contribution in [-0.2, 0) is 4.79 Å². The molecule has 0 bridgehead atoms. The van der Waals surface area contributed by atoms with Crippen molar-refractivity contribution in [1.29, 1.82) is 0 Å². The van der Waals surface area contributed by atoms with Crippen LogP contribution >= 0.6 is 31.9 Å². The van der Waals surface area contributed by atoms with E-state index in [4.69, 9.17) is 9.84 Å². The lowest BCUT2D eigenvalue weighted by atomic mass is 10.2. The Balaban J connectivity index is 2.40. The van der Waals surface area contributed by atoms with Crippen LogP contribution in [0.5, 0.6) is 11.5 Å². The van der Waals surface area contributed by atoms with Gasteiger partial charge >= 0.3 is 5.97 Å². The lowest BCUT2D eigenvalue weighted by Crippen LogP contribution is -1.92. The summed E-state index contributed by atoms with van der Waals surface area (Å²) in [6.45, 7) is 0. The average Bonchev–Trinajstić information content (AvgIpc) is 2.42. The molecule has 0 fully saturated rings. The SMILES string of the molecule is O=C(O)/C=C/c1ccc(Br)cc1Oc1cc(Br)ccc1F. The summed E-state index contributed by atoms with van der Waals surface area (Å²) < 4.78 is 20.7. The predicted octanol–water partition coefficient (Wildman–Crippen LogP) is 5.24. The molecule has 2 aromatic carbocycles. The maximum atomic E-state index is 13.7. The largest absolute Gasteiger partial charge is 0.478 e. The third-order valence-electron chi connectivity index (χ3n) is 2.49. The van der Waals surface area contributed by atoms with E-state index in [0.29, 0.717) is 15.8 Å². The van der Waals surface area contributed by atoms with Crippen LogP contribution in [0.2, 0.25) is 0 Å². The number of ether oxygens (including phenoxy) is 1. The number of aliphatic carboxylic acids is 1. The zero-order chi connectivity index (χ0) is 15.4. The molecule has 0 aliphatic carbocycles. The maximum absolute atomic E-state index is 13.7. The molecule has 0 aliphatic heterocycles. The number of halogens is 3. The Morgan fingerprint density at radius 1 is 1.10 bits per heavy atom. The summed E-state index contributed by atoms with van der Waals surface area (Å²) in [6, 6.07) is 9.40. The zero-order valence-corrected chi connectivity index (χ0v) is 13.7. The van der Waals surface area contributed by atoms with E-state index in [0.717, 1.165) is 10.5 Å². The summed E-state index contributed by atoms with van der Waals surface area (Å²) in [5.74, 6) is -1.19. The number of carbonyl (C=O) groups is 1. The minimum absolute atomic E-state index is 0.0486. The number of hydrogen-bond donors (Lipinski definition) is 1. The molecule has 2 aromatic rings. The molecule has 0 unspecified atom stereocenters. The number of hydrogen-bond acceptors (Lipinski definition) is 2. The number of carboxylic acid groups (broad SMARTS) is 1. The Bertz CT molecular complexity index is 714. The van der Waals surface area contributed by atoms with Crippen LogP contribution in [0.4, 0.5) is 4.39 Å². The van der Waals surface area contributed by atoms with E-state index in [1.165, 1.54) is 18.2 Å². The van der Waals surface area contributed by atoms with Crippen LogP contribution in [0.3, 0.4) is 0 Å². The topological polar surface area (TPSA) is 46.5 Å². The normalized spacial score (nSPS) is 10.8. The smallest absolute Gasteiger partial charge is 0.328 e. The van der Waals surface area contributed by atoms with Crippen LogP contribution in [0, 0.1) is 5.82 Å². The Hall–Kier alpha value is -1.66. The first kappa shape index (κ1) is 15.7. The highest BCUT2D eigenvalue weighted by atomic mass is 79.9. The van der Waals surface area contributed by atoms with Crippen molar-refractivity contribution in [2.45, 2.75) is 0 Å². The van der Waals surface area contributed by atoms with Crippen molar-refractivity contribution in [2.24, 2.45) is 0 Å². The second-order valence-corrected chi connectivity index (χ2v) is 5.86. The summed E-state index contributed by atoms with van der Waals surface area (Å²) >= 11 is 6.54. The monoisotopic (exact) mass is 414 g/mol. The Morgan fingerprint density at radius 2 is 1.71 bits per heavy atom. The molecule has 6 heteroatoms. The van der Waals surface area contributed by atoms with Crippen molar-refractivity contribution in [3.8, 4) is 11.5 Å². The van der Waals surface area contributed by atoms with Gasteiger partial charge in [-0.05, 0) is 36.4 Å². The summed E-state index contributed by atoms with van der Waals surface area (Å²) in [7, 11) is 0. The molecule has 0 heterocycles.